The van der Waals surface area contributed by atoms with Crippen molar-refractivity contribution < 1.29 is 0 Å². The second kappa shape index (κ2) is 6.25. The first-order chi connectivity index (χ1) is 8.25. The van der Waals surface area contributed by atoms with Crippen molar-refractivity contribution in [3.05, 3.63) is 28.8 Å². The lowest BCUT2D eigenvalue weighted by molar-refractivity contribution is 0.812. The molecule has 0 spiro atoms. The molecule has 1 rings (SSSR count). The van der Waals surface area contributed by atoms with Crippen LogP contribution in [0, 0.1) is 0 Å². The molecule has 0 aliphatic heterocycles. The lowest BCUT2D eigenvalue weighted by Gasteiger charge is -2.23. The standard InChI is InChI=1S/C16H27ClSi/c1-10(2)13-8-14(11(3)4)16(18(7)17)15(9-13)12(5)6/h8-12,18H,1-7H3. The quantitative estimate of drug-likeness (QED) is 0.547. The Kier molecular flexibility index (Phi) is 5.48. The molecule has 0 aromatic heterocycles. The van der Waals surface area contributed by atoms with Gasteiger partial charge in [-0.05, 0) is 39.6 Å². The van der Waals surface area contributed by atoms with E-state index >= 15 is 0 Å². The van der Waals surface area contributed by atoms with Gasteiger partial charge in [0.2, 0.25) is 0 Å². The molecule has 0 fully saturated rings. The lowest BCUT2D eigenvalue weighted by atomic mass is 9.89. The normalized spacial score (nSPS) is 13.7. The van der Waals surface area contributed by atoms with Crippen LogP contribution in [-0.2, 0) is 0 Å². The first-order valence-corrected chi connectivity index (χ1v) is 10.5. The van der Waals surface area contributed by atoms with Crippen LogP contribution in [0.25, 0.3) is 0 Å². The van der Waals surface area contributed by atoms with Gasteiger partial charge >= 0.3 is 0 Å². The predicted molar refractivity (Wildman–Crippen MR) is 87.2 cm³/mol. The van der Waals surface area contributed by atoms with E-state index in [2.05, 4.69) is 60.2 Å². The molecule has 102 valence electrons. The minimum Gasteiger partial charge on any atom is -0.166 e. The summed E-state index contributed by atoms with van der Waals surface area (Å²) in [7, 11) is -1.30. The van der Waals surface area contributed by atoms with E-state index in [0.29, 0.717) is 17.8 Å². The molecule has 0 amide bonds. The van der Waals surface area contributed by atoms with E-state index in [0.717, 1.165) is 0 Å². The van der Waals surface area contributed by atoms with Crippen molar-refractivity contribution in [2.45, 2.75) is 65.8 Å². The zero-order valence-corrected chi connectivity index (χ0v) is 14.8. The topological polar surface area (TPSA) is 0 Å². The smallest absolute Gasteiger partial charge is 0.166 e. The minimum atomic E-state index is -1.30. The van der Waals surface area contributed by atoms with Crippen LogP contribution in [0.3, 0.4) is 0 Å². The van der Waals surface area contributed by atoms with Crippen LogP contribution in [0.5, 0.6) is 0 Å². The molecule has 2 heteroatoms. The van der Waals surface area contributed by atoms with Crippen LogP contribution in [0.2, 0.25) is 6.55 Å². The van der Waals surface area contributed by atoms with E-state index in [4.69, 9.17) is 11.1 Å². The molecule has 0 saturated carbocycles. The molecular formula is C16H27ClSi. The van der Waals surface area contributed by atoms with E-state index < -0.39 is 8.11 Å². The fourth-order valence-corrected chi connectivity index (χ4v) is 4.98. The van der Waals surface area contributed by atoms with Crippen molar-refractivity contribution in [1.29, 1.82) is 0 Å². The van der Waals surface area contributed by atoms with E-state index in [1.165, 1.54) is 21.9 Å². The number of halogens is 1. The Balaban J connectivity index is 3.55. The molecule has 0 heterocycles. The molecular weight excluding hydrogens is 256 g/mol. The summed E-state index contributed by atoms with van der Waals surface area (Å²) in [6.45, 7) is 15.9. The van der Waals surface area contributed by atoms with Gasteiger partial charge in [0.1, 0.15) is 0 Å². The molecule has 0 radical (unpaired) electrons. The van der Waals surface area contributed by atoms with Crippen molar-refractivity contribution in [1.82, 2.24) is 0 Å². The molecule has 0 bridgehead atoms. The van der Waals surface area contributed by atoms with Crippen LogP contribution in [0.4, 0.5) is 0 Å². The van der Waals surface area contributed by atoms with E-state index in [1.54, 1.807) is 0 Å². The van der Waals surface area contributed by atoms with Crippen LogP contribution in [0.1, 0.15) is 76.0 Å². The zero-order valence-electron chi connectivity index (χ0n) is 12.8. The Hall–Kier alpha value is -0.273. The van der Waals surface area contributed by atoms with Gasteiger partial charge in [-0.1, -0.05) is 60.2 Å². The van der Waals surface area contributed by atoms with Gasteiger partial charge in [0.15, 0.2) is 8.11 Å². The molecule has 1 atom stereocenters. The average Bonchev–Trinajstić information content (AvgIpc) is 2.26. The monoisotopic (exact) mass is 282 g/mol. The van der Waals surface area contributed by atoms with Gasteiger partial charge in [0.05, 0.1) is 0 Å². The van der Waals surface area contributed by atoms with Crippen molar-refractivity contribution in [3.63, 3.8) is 0 Å². The molecule has 0 aliphatic carbocycles. The van der Waals surface area contributed by atoms with E-state index in [-0.39, 0.29) is 0 Å². The summed E-state index contributed by atoms with van der Waals surface area (Å²) in [6.07, 6.45) is 0. The minimum absolute atomic E-state index is 0.560. The highest BCUT2D eigenvalue weighted by Gasteiger charge is 2.20. The highest BCUT2D eigenvalue weighted by atomic mass is 35.6. The Morgan fingerprint density at radius 2 is 1.22 bits per heavy atom. The second-order valence-corrected chi connectivity index (χ2v) is 9.97. The molecule has 0 nitrogen and oxygen atoms in total. The molecule has 1 aromatic carbocycles. The third-order valence-corrected chi connectivity index (χ3v) is 5.69. The highest BCUT2D eigenvalue weighted by Crippen LogP contribution is 2.26. The molecule has 1 unspecified atom stereocenters. The van der Waals surface area contributed by atoms with Gasteiger partial charge in [-0.15, -0.1) is 0 Å². The first kappa shape index (κ1) is 15.8. The molecule has 0 N–H and O–H groups in total. The van der Waals surface area contributed by atoms with Gasteiger partial charge in [-0.3, -0.25) is 0 Å². The largest absolute Gasteiger partial charge is 0.168 e. The van der Waals surface area contributed by atoms with Crippen molar-refractivity contribution >= 4 is 24.4 Å². The summed E-state index contributed by atoms with van der Waals surface area (Å²) in [5.41, 5.74) is 4.43. The fourth-order valence-electron chi connectivity index (χ4n) is 2.47. The highest BCUT2D eigenvalue weighted by molar-refractivity contribution is 7.14. The summed E-state index contributed by atoms with van der Waals surface area (Å²) in [6, 6.07) is 4.78. The van der Waals surface area contributed by atoms with Crippen LogP contribution in [0.15, 0.2) is 12.1 Å². The first-order valence-electron chi connectivity index (χ1n) is 7.07. The third-order valence-electron chi connectivity index (χ3n) is 3.57. The van der Waals surface area contributed by atoms with Crippen molar-refractivity contribution in [3.8, 4) is 0 Å². The van der Waals surface area contributed by atoms with Crippen molar-refractivity contribution in [2.75, 3.05) is 0 Å². The van der Waals surface area contributed by atoms with Crippen LogP contribution >= 0.6 is 11.1 Å². The van der Waals surface area contributed by atoms with Crippen LogP contribution in [-0.4, -0.2) is 8.11 Å². The average molecular weight is 283 g/mol. The summed E-state index contributed by atoms with van der Waals surface area (Å²) in [5.74, 6) is 1.70. The SMILES string of the molecule is CC(C)c1cc(C(C)C)c([SiH](C)Cl)c(C(C)C)c1. The van der Waals surface area contributed by atoms with E-state index in [1.807, 2.05) is 0 Å². The maximum atomic E-state index is 6.57. The maximum absolute atomic E-state index is 6.57. The Morgan fingerprint density at radius 3 is 1.44 bits per heavy atom. The summed E-state index contributed by atoms with van der Waals surface area (Å²) < 4.78 is 0. The Morgan fingerprint density at radius 1 is 0.833 bits per heavy atom. The van der Waals surface area contributed by atoms with Crippen LogP contribution < -0.4 is 5.19 Å². The number of hydrogen-bond acceptors (Lipinski definition) is 0. The summed E-state index contributed by atoms with van der Waals surface area (Å²) in [4.78, 5) is 0. The molecule has 18 heavy (non-hydrogen) atoms. The van der Waals surface area contributed by atoms with Gasteiger partial charge in [-0.25, -0.2) is 0 Å². The van der Waals surface area contributed by atoms with Gasteiger partial charge < -0.3 is 0 Å². The second-order valence-electron chi connectivity index (χ2n) is 6.19. The van der Waals surface area contributed by atoms with Gasteiger partial charge in [-0.2, -0.15) is 11.1 Å². The predicted octanol–water partition coefficient (Wildman–Crippen LogP) is 4.86. The molecule has 1 aromatic rings. The summed E-state index contributed by atoms with van der Waals surface area (Å²) in [5, 5.41) is 1.49. The number of benzene rings is 1. The van der Waals surface area contributed by atoms with Gasteiger partial charge in [0, 0.05) is 0 Å². The molecule has 0 aliphatic rings. The Bertz CT molecular complexity index is 377. The third kappa shape index (κ3) is 3.39. The zero-order chi connectivity index (χ0) is 14.0. The fraction of sp³-hybridized carbons (Fsp3) is 0.625. The lowest BCUT2D eigenvalue weighted by Crippen LogP contribution is -2.31. The molecule has 0 saturated heterocycles. The Labute approximate surface area is 119 Å². The number of rotatable bonds is 4. The number of hydrogen-bond donors (Lipinski definition) is 0. The van der Waals surface area contributed by atoms with E-state index in [9.17, 15) is 0 Å². The van der Waals surface area contributed by atoms with Gasteiger partial charge in [0.25, 0.3) is 0 Å². The maximum Gasteiger partial charge on any atom is 0.168 e. The van der Waals surface area contributed by atoms with Crippen molar-refractivity contribution in [2.24, 2.45) is 0 Å². The summed E-state index contributed by atoms with van der Waals surface area (Å²) >= 11 is 6.57.